The Morgan fingerprint density at radius 2 is 1.88 bits per heavy atom. The molecular formula is C24H19F3N4O. The molecule has 8 heteroatoms. The number of benzene rings is 1. The predicted molar refractivity (Wildman–Crippen MR) is 120 cm³/mol. The minimum atomic E-state index is -4.58. The van der Waals surface area contributed by atoms with E-state index in [2.05, 4.69) is 21.5 Å². The van der Waals surface area contributed by atoms with Crippen LogP contribution >= 0.6 is 0 Å². The number of imidazole rings is 1. The Kier molecular flexibility index (Phi) is 5.30. The zero-order chi connectivity index (χ0) is 23.0. The highest BCUT2D eigenvalue weighted by Gasteiger charge is 2.32. The van der Waals surface area contributed by atoms with Crippen LogP contribution in [0, 0.1) is 6.92 Å². The fraction of sp³-hybridized carbons (Fsp3) is 0.125. The molecule has 0 aliphatic heterocycles. The molecule has 4 aromatic rings. The third-order valence-corrected chi connectivity index (χ3v) is 5.09. The first-order chi connectivity index (χ1) is 15.2. The van der Waals surface area contributed by atoms with Crippen LogP contribution in [0.3, 0.4) is 0 Å². The minimum Gasteiger partial charge on any atom is -0.304 e. The van der Waals surface area contributed by atoms with Crippen molar-refractivity contribution in [2.24, 2.45) is 0 Å². The van der Waals surface area contributed by atoms with Gasteiger partial charge < -0.3 is 4.98 Å². The maximum Gasteiger partial charge on any atom is 0.416 e. The number of halogens is 3. The summed E-state index contributed by atoms with van der Waals surface area (Å²) in [5.74, 6) is 0. The molecule has 0 aliphatic carbocycles. The molecule has 0 fully saturated rings. The Balaban J connectivity index is 1.98. The molecular weight excluding hydrogens is 417 g/mol. The standard InChI is InChI=1S/C24H19F3N4O/c1-4-5-18(24(25,26)27)10-15(3)31-22-19-11-16(17-7-6-14(2)28-12-17)8-9-20(19)29-13-21(22)30-23(31)32/h4-13H,1H2,2-3H3,(H,30,32). The molecule has 3 heterocycles. The normalized spacial score (nSPS) is 13.2. The summed E-state index contributed by atoms with van der Waals surface area (Å²) >= 11 is 0. The van der Waals surface area contributed by atoms with Crippen molar-refractivity contribution in [1.82, 2.24) is 19.5 Å². The molecule has 1 aromatic carbocycles. The van der Waals surface area contributed by atoms with Crippen molar-refractivity contribution in [2.45, 2.75) is 20.0 Å². The Morgan fingerprint density at radius 1 is 1.12 bits per heavy atom. The molecule has 0 radical (unpaired) electrons. The fourth-order valence-electron chi connectivity index (χ4n) is 3.58. The van der Waals surface area contributed by atoms with Gasteiger partial charge in [-0.05, 0) is 43.7 Å². The molecule has 0 saturated carbocycles. The van der Waals surface area contributed by atoms with Gasteiger partial charge in [0.05, 0.1) is 28.3 Å². The summed E-state index contributed by atoms with van der Waals surface area (Å²) in [7, 11) is 0. The summed E-state index contributed by atoms with van der Waals surface area (Å²) < 4.78 is 41.4. The van der Waals surface area contributed by atoms with Crippen molar-refractivity contribution in [1.29, 1.82) is 0 Å². The Labute approximate surface area is 181 Å². The maximum absolute atomic E-state index is 13.4. The summed E-state index contributed by atoms with van der Waals surface area (Å²) in [6.07, 6.45) is 1.52. The molecule has 0 spiro atoms. The van der Waals surface area contributed by atoms with Gasteiger partial charge in [-0.3, -0.25) is 14.5 Å². The number of fused-ring (bicyclic) bond motifs is 3. The molecule has 0 amide bonds. The lowest BCUT2D eigenvalue weighted by Gasteiger charge is -2.11. The van der Waals surface area contributed by atoms with E-state index in [-0.39, 0.29) is 5.70 Å². The molecule has 32 heavy (non-hydrogen) atoms. The van der Waals surface area contributed by atoms with Crippen LogP contribution in [0.2, 0.25) is 0 Å². The highest BCUT2D eigenvalue weighted by atomic mass is 19.4. The first-order valence-corrected chi connectivity index (χ1v) is 9.74. The van der Waals surface area contributed by atoms with Crippen molar-refractivity contribution in [3.63, 3.8) is 0 Å². The van der Waals surface area contributed by atoms with Crippen LogP contribution in [0.4, 0.5) is 13.2 Å². The largest absolute Gasteiger partial charge is 0.416 e. The van der Waals surface area contributed by atoms with Gasteiger partial charge in [-0.25, -0.2) is 4.79 Å². The highest BCUT2D eigenvalue weighted by molar-refractivity contribution is 6.04. The summed E-state index contributed by atoms with van der Waals surface area (Å²) in [4.78, 5) is 24.1. The molecule has 162 valence electrons. The molecule has 4 rings (SSSR count). The number of H-pyrrole nitrogens is 1. The van der Waals surface area contributed by atoms with E-state index in [4.69, 9.17) is 0 Å². The van der Waals surface area contributed by atoms with Crippen molar-refractivity contribution in [3.8, 4) is 11.1 Å². The van der Waals surface area contributed by atoms with Crippen molar-refractivity contribution in [2.75, 3.05) is 0 Å². The molecule has 0 atom stereocenters. The fourth-order valence-corrected chi connectivity index (χ4v) is 3.58. The second-order valence-corrected chi connectivity index (χ2v) is 7.35. The second kappa shape index (κ2) is 7.96. The van der Waals surface area contributed by atoms with Gasteiger partial charge in [0, 0.05) is 28.5 Å². The van der Waals surface area contributed by atoms with E-state index in [1.807, 2.05) is 37.3 Å². The minimum absolute atomic E-state index is 0.113. The van der Waals surface area contributed by atoms with Crippen molar-refractivity contribution >= 4 is 27.6 Å². The SMILES string of the molecule is C=CC=C(C=C(C)n1c(=O)[nH]c2cnc3ccc(-c4ccc(C)nc4)cc3c21)C(F)(F)F. The number of hydrogen-bond acceptors (Lipinski definition) is 3. The van der Waals surface area contributed by atoms with Gasteiger partial charge in [0.1, 0.15) is 0 Å². The molecule has 3 aromatic heterocycles. The molecule has 1 N–H and O–H groups in total. The average Bonchev–Trinajstić information content (AvgIpc) is 3.09. The Hall–Kier alpha value is -3.94. The first kappa shape index (κ1) is 21.3. The second-order valence-electron chi connectivity index (χ2n) is 7.35. The van der Waals surface area contributed by atoms with Crippen LogP contribution in [0.25, 0.3) is 38.8 Å². The number of hydrogen-bond donors (Lipinski definition) is 1. The monoisotopic (exact) mass is 436 g/mol. The first-order valence-electron chi connectivity index (χ1n) is 9.74. The van der Waals surface area contributed by atoms with E-state index in [0.717, 1.165) is 35.0 Å². The van der Waals surface area contributed by atoms with E-state index >= 15 is 0 Å². The van der Waals surface area contributed by atoms with Crippen LogP contribution in [-0.2, 0) is 0 Å². The van der Waals surface area contributed by atoms with Crippen LogP contribution in [0.15, 0.2) is 77.9 Å². The third-order valence-electron chi connectivity index (χ3n) is 5.09. The number of aromatic amines is 1. The van der Waals surface area contributed by atoms with Crippen molar-refractivity contribution in [3.05, 3.63) is 89.3 Å². The van der Waals surface area contributed by atoms with E-state index < -0.39 is 17.4 Å². The van der Waals surface area contributed by atoms with E-state index in [1.54, 1.807) is 6.20 Å². The van der Waals surface area contributed by atoms with Crippen LogP contribution < -0.4 is 5.69 Å². The topological polar surface area (TPSA) is 63.6 Å². The Morgan fingerprint density at radius 3 is 2.53 bits per heavy atom. The smallest absolute Gasteiger partial charge is 0.304 e. The predicted octanol–water partition coefficient (Wildman–Crippen LogP) is 5.78. The highest BCUT2D eigenvalue weighted by Crippen LogP contribution is 2.31. The molecule has 0 unspecified atom stereocenters. The summed E-state index contributed by atoms with van der Waals surface area (Å²) in [5.41, 5.74) is 2.75. The average molecular weight is 436 g/mol. The lowest BCUT2D eigenvalue weighted by molar-refractivity contribution is -0.0881. The molecule has 0 aliphatic rings. The van der Waals surface area contributed by atoms with Crippen LogP contribution in [0.5, 0.6) is 0 Å². The number of aromatic nitrogens is 4. The van der Waals surface area contributed by atoms with E-state index in [0.29, 0.717) is 21.9 Å². The van der Waals surface area contributed by atoms with Gasteiger partial charge in [0.2, 0.25) is 0 Å². The van der Waals surface area contributed by atoms with Gasteiger partial charge in [0.15, 0.2) is 0 Å². The van der Waals surface area contributed by atoms with Gasteiger partial charge in [-0.15, -0.1) is 0 Å². The number of alkyl halides is 3. The molecule has 5 nitrogen and oxygen atoms in total. The Bertz CT molecular complexity index is 1460. The number of pyridine rings is 2. The lowest BCUT2D eigenvalue weighted by Crippen LogP contribution is -2.16. The zero-order valence-electron chi connectivity index (χ0n) is 17.4. The van der Waals surface area contributed by atoms with Crippen molar-refractivity contribution < 1.29 is 13.2 Å². The third kappa shape index (κ3) is 3.87. The van der Waals surface area contributed by atoms with Crippen LogP contribution in [0.1, 0.15) is 12.6 Å². The number of nitrogens with one attached hydrogen (secondary N) is 1. The van der Waals surface area contributed by atoms with Gasteiger partial charge in [0.25, 0.3) is 0 Å². The number of nitrogens with zero attached hydrogens (tertiary/aromatic N) is 3. The maximum atomic E-state index is 13.4. The summed E-state index contributed by atoms with van der Waals surface area (Å²) in [6.45, 7) is 6.69. The van der Waals surface area contributed by atoms with E-state index in [1.165, 1.54) is 17.7 Å². The number of aryl methyl sites for hydroxylation is 1. The number of allylic oxidation sites excluding steroid dienone is 5. The lowest BCUT2D eigenvalue weighted by atomic mass is 10.0. The van der Waals surface area contributed by atoms with E-state index in [9.17, 15) is 18.0 Å². The van der Waals surface area contributed by atoms with Gasteiger partial charge in [-0.2, -0.15) is 13.2 Å². The summed E-state index contributed by atoms with van der Waals surface area (Å²) in [6, 6.07) is 9.38. The summed E-state index contributed by atoms with van der Waals surface area (Å²) in [5, 5.41) is 0.632. The van der Waals surface area contributed by atoms with Gasteiger partial charge in [-0.1, -0.05) is 30.9 Å². The van der Waals surface area contributed by atoms with Crippen LogP contribution in [-0.4, -0.2) is 25.7 Å². The molecule has 0 bridgehead atoms. The van der Waals surface area contributed by atoms with Gasteiger partial charge >= 0.3 is 11.9 Å². The quantitative estimate of drug-likeness (QED) is 0.412. The zero-order valence-corrected chi connectivity index (χ0v) is 17.4. The molecule has 0 saturated heterocycles. The number of rotatable bonds is 4.